The molecule has 0 unspecified atom stereocenters. The number of aryl methyl sites for hydroxylation is 1. The van der Waals surface area contributed by atoms with E-state index in [9.17, 15) is 4.79 Å². The molecule has 0 N–H and O–H groups in total. The molecule has 0 aliphatic carbocycles. The molecular formula is C25H24O2Se. The molecule has 1 fully saturated rings. The van der Waals surface area contributed by atoms with E-state index in [2.05, 4.69) is 72.8 Å². The summed E-state index contributed by atoms with van der Waals surface area (Å²) in [6, 6.07) is 31.4. The third-order valence-corrected chi connectivity index (χ3v) is 8.72. The van der Waals surface area contributed by atoms with Gasteiger partial charge in [-0.25, -0.2) is 0 Å². The molecule has 3 aromatic carbocycles. The van der Waals surface area contributed by atoms with E-state index in [-0.39, 0.29) is 26.8 Å². The van der Waals surface area contributed by atoms with Gasteiger partial charge in [0.05, 0.1) is 0 Å². The maximum atomic E-state index is 13.1. The number of carbonyl (C=O) groups is 1. The zero-order chi connectivity index (χ0) is 19.2. The Labute approximate surface area is 173 Å². The van der Waals surface area contributed by atoms with Gasteiger partial charge in [-0.2, -0.15) is 0 Å². The first kappa shape index (κ1) is 19.0. The predicted octanol–water partition coefficient (Wildman–Crippen LogP) is 4.22. The van der Waals surface area contributed by atoms with Crippen molar-refractivity contribution in [3.05, 3.63) is 102 Å². The van der Waals surface area contributed by atoms with Crippen LogP contribution in [0.3, 0.4) is 0 Å². The molecule has 3 aromatic rings. The van der Waals surface area contributed by atoms with Crippen LogP contribution in [0, 0.1) is 5.92 Å². The second-order valence-electron chi connectivity index (χ2n) is 7.28. The van der Waals surface area contributed by atoms with Gasteiger partial charge in [0.25, 0.3) is 0 Å². The molecule has 28 heavy (non-hydrogen) atoms. The summed E-state index contributed by atoms with van der Waals surface area (Å²) in [5, 5.41) is 0. The van der Waals surface area contributed by atoms with Gasteiger partial charge in [-0.3, -0.25) is 0 Å². The van der Waals surface area contributed by atoms with Crippen LogP contribution in [0.4, 0.5) is 0 Å². The van der Waals surface area contributed by atoms with E-state index in [0.717, 1.165) is 19.3 Å². The number of hydrogen-bond donors (Lipinski definition) is 0. The van der Waals surface area contributed by atoms with Crippen molar-refractivity contribution in [2.75, 3.05) is 6.61 Å². The number of esters is 1. The second-order valence-corrected chi connectivity index (χ2v) is 10.2. The molecule has 142 valence electrons. The van der Waals surface area contributed by atoms with E-state index in [0.29, 0.717) is 6.61 Å². The van der Waals surface area contributed by atoms with E-state index in [1.807, 2.05) is 18.2 Å². The van der Waals surface area contributed by atoms with Crippen molar-refractivity contribution in [2.45, 2.75) is 23.6 Å². The van der Waals surface area contributed by atoms with Crippen LogP contribution in [0.15, 0.2) is 91.0 Å². The number of hydrogen-bond acceptors (Lipinski definition) is 2. The van der Waals surface area contributed by atoms with Gasteiger partial charge in [0.2, 0.25) is 0 Å². The molecule has 3 heteroatoms. The van der Waals surface area contributed by atoms with Crippen molar-refractivity contribution in [3.63, 3.8) is 0 Å². The first-order valence-electron chi connectivity index (χ1n) is 9.75. The molecule has 0 aromatic heterocycles. The van der Waals surface area contributed by atoms with Crippen molar-refractivity contribution in [2.24, 2.45) is 5.92 Å². The second kappa shape index (κ2) is 8.77. The Balaban J connectivity index is 1.64. The topological polar surface area (TPSA) is 26.3 Å². The molecule has 1 heterocycles. The Morgan fingerprint density at radius 2 is 1.39 bits per heavy atom. The van der Waals surface area contributed by atoms with E-state index in [4.69, 9.17) is 4.74 Å². The fourth-order valence-electron chi connectivity index (χ4n) is 3.88. The Kier molecular flexibility index (Phi) is 5.95. The Bertz CT molecular complexity index is 896. The molecule has 0 bridgehead atoms. The third-order valence-electron chi connectivity index (χ3n) is 5.42. The summed E-state index contributed by atoms with van der Waals surface area (Å²) in [6.45, 7) is 0.525. The van der Waals surface area contributed by atoms with E-state index in [1.54, 1.807) is 0 Å². The molecule has 2 nitrogen and oxygen atoms in total. The Hall–Kier alpha value is -2.35. The van der Waals surface area contributed by atoms with Gasteiger partial charge in [-0.1, -0.05) is 0 Å². The van der Waals surface area contributed by atoms with Crippen molar-refractivity contribution in [3.8, 4) is 0 Å². The van der Waals surface area contributed by atoms with Gasteiger partial charge >= 0.3 is 173 Å². The molecule has 0 spiro atoms. The zero-order valence-corrected chi connectivity index (χ0v) is 17.5. The SMILES string of the molecule is O=C1OC[C@@H](Cc2ccccc2)[C@@]1(CCc1ccccc1)[Se]c1ccccc1. The van der Waals surface area contributed by atoms with Gasteiger partial charge in [-0.05, 0) is 0 Å². The first-order chi connectivity index (χ1) is 13.8. The average Bonchev–Trinajstić information content (AvgIpc) is 3.04. The van der Waals surface area contributed by atoms with E-state index < -0.39 is 4.31 Å². The van der Waals surface area contributed by atoms with Crippen molar-refractivity contribution >= 4 is 25.4 Å². The van der Waals surface area contributed by atoms with Crippen molar-refractivity contribution in [1.82, 2.24) is 0 Å². The predicted molar refractivity (Wildman–Crippen MR) is 114 cm³/mol. The Morgan fingerprint density at radius 1 is 0.821 bits per heavy atom. The minimum absolute atomic E-state index is 0.00628. The number of cyclic esters (lactones) is 1. The van der Waals surface area contributed by atoms with E-state index >= 15 is 0 Å². The van der Waals surface area contributed by atoms with Crippen molar-refractivity contribution < 1.29 is 9.53 Å². The summed E-state index contributed by atoms with van der Waals surface area (Å²) in [7, 11) is 0. The summed E-state index contributed by atoms with van der Waals surface area (Å²) >= 11 is 0.0239. The fraction of sp³-hybridized carbons (Fsp3) is 0.240. The third kappa shape index (κ3) is 4.22. The van der Waals surface area contributed by atoms with Gasteiger partial charge in [0.1, 0.15) is 0 Å². The van der Waals surface area contributed by atoms with Gasteiger partial charge in [0.15, 0.2) is 0 Å². The summed E-state index contributed by atoms with van der Waals surface area (Å²) in [5.41, 5.74) is 2.56. The van der Waals surface area contributed by atoms with Crippen LogP contribution in [0.1, 0.15) is 17.5 Å². The maximum absolute atomic E-state index is 13.1. The van der Waals surface area contributed by atoms with Gasteiger partial charge < -0.3 is 0 Å². The summed E-state index contributed by atoms with van der Waals surface area (Å²) < 4.78 is 6.54. The van der Waals surface area contributed by atoms with Crippen molar-refractivity contribution in [1.29, 1.82) is 0 Å². The summed E-state index contributed by atoms with van der Waals surface area (Å²) in [6.07, 6.45) is 2.62. The molecule has 4 rings (SSSR count). The van der Waals surface area contributed by atoms with Crippen LogP contribution in [0.2, 0.25) is 4.31 Å². The Morgan fingerprint density at radius 3 is 2.04 bits per heavy atom. The molecule has 0 radical (unpaired) electrons. The molecule has 1 aliphatic rings. The van der Waals surface area contributed by atoms with Crippen LogP contribution >= 0.6 is 0 Å². The first-order valence-corrected chi connectivity index (χ1v) is 11.5. The number of ether oxygens (including phenoxy) is 1. The molecule has 2 atom stereocenters. The van der Waals surface area contributed by atoms with Gasteiger partial charge in [0, 0.05) is 0 Å². The van der Waals surface area contributed by atoms with Crippen LogP contribution in [-0.2, 0) is 22.4 Å². The fourth-order valence-corrected chi connectivity index (χ4v) is 6.77. The van der Waals surface area contributed by atoms with Crippen LogP contribution in [0.5, 0.6) is 0 Å². The normalized spacial score (nSPS) is 21.4. The van der Waals surface area contributed by atoms with Crippen LogP contribution < -0.4 is 4.46 Å². The van der Waals surface area contributed by atoms with Crippen LogP contribution in [0.25, 0.3) is 0 Å². The zero-order valence-electron chi connectivity index (χ0n) is 15.8. The molecule has 1 aliphatic heterocycles. The number of rotatable bonds is 7. The molecular weight excluding hydrogens is 411 g/mol. The summed E-state index contributed by atoms with van der Waals surface area (Å²) in [5.74, 6) is 0.208. The monoisotopic (exact) mass is 436 g/mol. The quantitative estimate of drug-likeness (QED) is 0.410. The van der Waals surface area contributed by atoms with Gasteiger partial charge in [-0.15, -0.1) is 0 Å². The summed E-state index contributed by atoms with van der Waals surface area (Å²) in [4.78, 5) is 13.1. The standard InChI is InChI=1S/C25H24O2Se/c26-24-25(28-23-14-8-3-9-15-23,17-16-20-10-4-1-5-11-20)22(19-27-24)18-21-12-6-2-7-13-21/h1-15,22H,16-19H2/t22-,25-/m1/s1. The molecule has 0 saturated carbocycles. The number of carbonyl (C=O) groups excluding carboxylic acids is 1. The number of benzene rings is 3. The van der Waals surface area contributed by atoms with E-state index in [1.165, 1.54) is 15.6 Å². The average molecular weight is 435 g/mol. The minimum atomic E-state index is -0.417. The van der Waals surface area contributed by atoms with Crippen LogP contribution in [-0.4, -0.2) is 27.5 Å². The molecule has 0 amide bonds. The molecule has 1 saturated heterocycles.